The average Bonchev–Trinajstić information content (AvgIpc) is 2.32. The summed E-state index contributed by atoms with van der Waals surface area (Å²) in [5.74, 6) is 0.688. The Morgan fingerprint density at radius 1 is 1.53 bits per heavy atom. The number of hydrogen-bond donors (Lipinski definition) is 1. The molecule has 2 N–H and O–H groups in total. The van der Waals surface area contributed by atoms with Crippen LogP contribution in [-0.2, 0) is 6.54 Å². The lowest BCUT2D eigenvalue weighted by atomic mass is 9.85. The Kier molecular flexibility index (Phi) is 3.74. The van der Waals surface area contributed by atoms with E-state index in [2.05, 4.69) is 4.98 Å². The molecule has 4 heteroatoms. The average molecular weight is 233 g/mol. The lowest BCUT2D eigenvalue weighted by Gasteiger charge is -2.29. The van der Waals surface area contributed by atoms with Crippen molar-refractivity contribution < 1.29 is 4.79 Å². The molecule has 4 nitrogen and oxygen atoms in total. The lowest BCUT2D eigenvalue weighted by molar-refractivity contribution is 0.0739. The number of hydrogen-bond acceptors (Lipinski definition) is 3. The molecule has 0 radical (unpaired) electrons. The number of nitrogens with two attached hydrogens (primary N) is 1. The van der Waals surface area contributed by atoms with Gasteiger partial charge in [0.1, 0.15) is 5.69 Å². The highest BCUT2D eigenvalue weighted by Crippen LogP contribution is 2.26. The summed E-state index contributed by atoms with van der Waals surface area (Å²) in [6, 6.07) is 3.61. The van der Waals surface area contributed by atoms with Crippen molar-refractivity contribution in [3.63, 3.8) is 0 Å². The Balaban J connectivity index is 1.96. The van der Waals surface area contributed by atoms with Crippen LogP contribution in [0.4, 0.5) is 0 Å². The van der Waals surface area contributed by atoms with Gasteiger partial charge in [-0.05, 0) is 30.4 Å². The van der Waals surface area contributed by atoms with Gasteiger partial charge in [-0.2, -0.15) is 0 Å². The normalized spacial score (nSPS) is 15.4. The van der Waals surface area contributed by atoms with Gasteiger partial charge in [0.2, 0.25) is 0 Å². The van der Waals surface area contributed by atoms with Crippen molar-refractivity contribution in [2.24, 2.45) is 11.7 Å². The maximum absolute atomic E-state index is 12.1. The minimum atomic E-state index is 0.000437. The first-order chi connectivity index (χ1) is 8.20. The largest absolute Gasteiger partial charge is 0.340 e. The summed E-state index contributed by atoms with van der Waals surface area (Å²) in [4.78, 5) is 18.0. The standard InChI is InChI=1S/C13H19N3O/c1-16(9-10-3-2-4-10)13(17)12-6-5-11(7-14)8-15-12/h5-6,8,10H,2-4,7,9,14H2,1H3. The molecule has 0 aliphatic heterocycles. The monoisotopic (exact) mass is 233 g/mol. The molecule has 1 aromatic heterocycles. The number of amides is 1. The highest BCUT2D eigenvalue weighted by Gasteiger charge is 2.22. The van der Waals surface area contributed by atoms with E-state index in [1.807, 2.05) is 13.1 Å². The second-order valence-corrected chi connectivity index (χ2v) is 4.74. The molecule has 0 spiro atoms. The number of carbonyl (C=O) groups is 1. The van der Waals surface area contributed by atoms with E-state index in [1.165, 1.54) is 19.3 Å². The zero-order valence-corrected chi connectivity index (χ0v) is 10.2. The minimum Gasteiger partial charge on any atom is -0.340 e. The van der Waals surface area contributed by atoms with Gasteiger partial charge in [-0.3, -0.25) is 9.78 Å². The van der Waals surface area contributed by atoms with E-state index < -0.39 is 0 Å². The van der Waals surface area contributed by atoms with Gasteiger partial charge in [-0.15, -0.1) is 0 Å². The highest BCUT2D eigenvalue weighted by atomic mass is 16.2. The summed E-state index contributed by atoms with van der Waals surface area (Å²) >= 11 is 0. The number of rotatable bonds is 4. The van der Waals surface area contributed by atoms with E-state index in [4.69, 9.17) is 5.73 Å². The third-order valence-corrected chi connectivity index (χ3v) is 3.38. The molecule has 2 rings (SSSR count). The minimum absolute atomic E-state index is 0.000437. The second-order valence-electron chi connectivity index (χ2n) is 4.74. The van der Waals surface area contributed by atoms with E-state index >= 15 is 0 Å². The van der Waals surface area contributed by atoms with Crippen molar-refractivity contribution in [3.8, 4) is 0 Å². The van der Waals surface area contributed by atoms with E-state index in [-0.39, 0.29) is 5.91 Å². The zero-order chi connectivity index (χ0) is 12.3. The second kappa shape index (κ2) is 5.27. The van der Waals surface area contributed by atoms with Gasteiger partial charge >= 0.3 is 0 Å². The molecule has 0 bridgehead atoms. The van der Waals surface area contributed by atoms with Gasteiger partial charge in [0, 0.05) is 26.3 Å². The van der Waals surface area contributed by atoms with E-state index in [0.717, 1.165) is 12.1 Å². The quantitative estimate of drug-likeness (QED) is 0.855. The van der Waals surface area contributed by atoms with Gasteiger partial charge in [0.05, 0.1) is 0 Å². The molecule has 0 unspecified atom stereocenters. The predicted octanol–water partition coefficient (Wildman–Crippen LogP) is 1.41. The maximum atomic E-state index is 12.1. The SMILES string of the molecule is CN(CC1CCC1)C(=O)c1ccc(CN)cn1. The van der Waals surface area contributed by atoms with E-state index in [9.17, 15) is 4.79 Å². The molecular formula is C13H19N3O. The maximum Gasteiger partial charge on any atom is 0.272 e. The molecular weight excluding hydrogens is 214 g/mol. The van der Waals surface area contributed by atoms with Crippen LogP contribution in [0.15, 0.2) is 18.3 Å². The Hall–Kier alpha value is -1.42. The Bertz CT molecular complexity index is 384. The van der Waals surface area contributed by atoms with Crippen LogP contribution in [0, 0.1) is 5.92 Å². The summed E-state index contributed by atoms with van der Waals surface area (Å²) in [7, 11) is 1.85. The molecule has 1 fully saturated rings. The van der Waals surface area contributed by atoms with Crippen LogP contribution in [0.2, 0.25) is 0 Å². The summed E-state index contributed by atoms with van der Waals surface area (Å²) in [5.41, 5.74) is 6.94. The predicted molar refractivity (Wildman–Crippen MR) is 66.4 cm³/mol. The van der Waals surface area contributed by atoms with Crippen molar-refractivity contribution in [1.82, 2.24) is 9.88 Å². The molecule has 1 aliphatic rings. The number of nitrogens with zero attached hydrogens (tertiary/aromatic N) is 2. The zero-order valence-electron chi connectivity index (χ0n) is 10.2. The van der Waals surface area contributed by atoms with Crippen molar-refractivity contribution in [3.05, 3.63) is 29.6 Å². The van der Waals surface area contributed by atoms with Gasteiger partial charge in [-0.25, -0.2) is 0 Å². The molecule has 1 saturated carbocycles. The first-order valence-electron chi connectivity index (χ1n) is 6.11. The van der Waals surface area contributed by atoms with Crippen LogP contribution in [-0.4, -0.2) is 29.4 Å². The van der Waals surface area contributed by atoms with Crippen LogP contribution in [0.3, 0.4) is 0 Å². The van der Waals surface area contributed by atoms with Crippen LogP contribution < -0.4 is 5.73 Å². The van der Waals surface area contributed by atoms with Crippen molar-refractivity contribution in [1.29, 1.82) is 0 Å². The molecule has 17 heavy (non-hydrogen) atoms. The fraction of sp³-hybridized carbons (Fsp3) is 0.538. The van der Waals surface area contributed by atoms with E-state index in [0.29, 0.717) is 18.2 Å². The molecule has 1 amide bonds. The van der Waals surface area contributed by atoms with Crippen LogP contribution in [0.1, 0.15) is 35.3 Å². The number of aromatic nitrogens is 1. The molecule has 1 heterocycles. The third kappa shape index (κ3) is 2.82. The molecule has 0 saturated heterocycles. The van der Waals surface area contributed by atoms with Gasteiger partial charge in [0.15, 0.2) is 0 Å². The van der Waals surface area contributed by atoms with Gasteiger partial charge in [-0.1, -0.05) is 12.5 Å². The fourth-order valence-electron chi connectivity index (χ4n) is 2.01. The molecule has 0 atom stereocenters. The van der Waals surface area contributed by atoms with Crippen molar-refractivity contribution >= 4 is 5.91 Å². The Morgan fingerprint density at radius 3 is 2.76 bits per heavy atom. The van der Waals surface area contributed by atoms with E-state index in [1.54, 1.807) is 17.2 Å². The third-order valence-electron chi connectivity index (χ3n) is 3.38. The molecule has 1 aromatic rings. The van der Waals surface area contributed by atoms with Gasteiger partial charge < -0.3 is 10.6 Å². The molecule has 0 aromatic carbocycles. The topological polar surface area (TPSA) is 59.2 Å². The first-order valence-corrected chi connectivity index (χ1v) is 6.11. The lowest BCUT2D eigenvalue weighted by Crippen LogP contribution is -2.34. The molecule has 92 valence electrons. The smallest absolute Gasteiger partial charge is 0.272 e. The summed E-state index contributed by atoms with van der Waals surface area (Å²) in [6.45, 7) is 1.30. The summed E-state index contributed by atoms with van der Waals surface area (Å²) in [5, 5.41) is 0. The van der Waals surface area contributed by atoms with Crippen LogP contribution in [0.5, 0.6) is 0 Å². The van der Waals surface area contributed by atoms with Gasteiger partial charge in [0.25, 0.3) is 5.91 Å². The van der Waals surface area contributed by atoms with Crippen LogP contribution in [0.25, 0.3) is 0 Å². The van der Waals surface area contributed by atoms with Crippen molar-refractivity contribution in [2.75, 3.05) is 13.6 Å². The molecule has 1 aliphatic carbocycles. The summed E-state index contributed by atoms with van der Waals surface area (Å²) in [6.07, 6.45) is 5.47. The van der Waals surface area contributed by atoms with Crippen molar-refractivity contribution in [2.45, 2.75) is 25.8 Å². The number of carbonyl (C=O) groups excluding carboxylic acids is 1. The number of pyridine rings is 1. The first kappa shape index (κ1) is 12.0. The van der Waals surface area contributed by atoms with Crippen LogP contribution >= 0.6 is 0 Å². The Morgan fingerprint density at radius 2 is 2.29 bits per heavy atom. The fourth-order valence-corrected chi connectivity index (χ4v) is 2.01. The summed E-state index contributed by atoms with van der Waals surface area (Å²) < 4.78 is 0. The Labute approximate surface area is 102 Å². The highest BCUT2D eigenvalue weighted by molar-refractivity contribution is 5.92.